The van der Waals surface area contributed by atoms with Crippen LogP contribution in [0.1, 0.15) is 0 Å². The molecule has 6 aromatic rings. The largest absolute Gasteiger partial charge is 0.488 e. The highest BCUT2D eigenvalue weighted by Crippen LogP contribution is 2.43. The van der Waals surface area contributed by atoms with Crippen LogP contribution in [0.4, 0.5) is 17.1 Å². The van der Waals surface area contributed by atoms with Crippen LogP contribution in [0.25, 0.3) is 31.3 Å². The van der Waals surface area contributed by atoms with Gasteiger partial charge in [-0.2, -0.15) is 0 Å². The fourth-order valence-corrected chi connectivity index (χ4v) is 5.75. The second kappa shape index (κ2) is 9.04. The highest BCUT2D eigenvalue weighted by Gasteiger charge is 2.19. The molecule has 0 amide bonds. The number of para-hydroxylation sites is 1. The summed E-state index contributed by atoms with van der Waals surface area (Å²) < 4.78 is 2.51. The summed E-state index contributed by atoms with van der Waals surface area (Å²) in [5, 5.41) is 21.8. The van der Waals surface area contributed by atoms with Crippen LogP contribution in [-0.2, 0) is 0 Å². The first-order valence-electron chi connectivity index (χ1n) is 11.5. The fourth-order valence-electron chi connectivity index (χ4n) is 4.61. The lowest BCUT2D eigenvalue weighted by Gasteiger charge is -2.28. The molecule has 0 aliphatic heterocycles. The maximum Gasteiger partial charge on any atom is 0.488 e. The molecular formula is C30H22BNO2S. The Hall–Kier alpha value is -3.90. The van der Waals surface area contributed by atoms with Crippen LogP contribution in [0, 0.1) is 0 Å². The summed E-state index contributed by atoms with van der Waals surface area (Å²) in [5.74, 6) is 0. The molecule has 0 spiro atoms. The molecule has 5 heteroatoms. The summed E-state index contributed by atoms with van der Waals surface area (Å²) in [4.78, 5) is 2.24. The lowest BCUT2D eigenvalue weighted by atomic mass is 9.80. The van der Waals surface area contributed by atoms with E-state index in [-0.39, 0.29) is 0 Å². The van der Waals surface area contributed by atoms with Gasteiger partial charge in [-0.15, -0.1) is 11.3 Å². The first kappa shape index (κ1) is 21.6. The van der Waals surface area contributed by atoms with Gasteiger partial charge in [-0.05, 0) is 47.4 Å². The molecule has 5 aromatic carbocycles. The number of nitrogens with zero attached hydrogens (tertiary/aromatic N) is 1. The standard InChI is InChI=1S/C30H22BNO2S/c33-31(34)22-14-16-23(17-15-22)32(28-12-6-4-10-25(28)21-8-2-1-3-9-21)24-18-19-27-26-11-5-7-13-29(26)35-30(27)20-24/h1-20,33-34H. The van der Waals surface area contributed by atoms with Gasteiger partial charge in [-0.25, -0.2) is 0 Å². The van der Waals surface area contributed by atoms with E-state index >= 15 is 0 Å². The topological polar surface area (TPSA) is 43.7 Å². The molecule has 0 bridgehead atoms. The minimum atomic E-state index is -1.50. The Bertz CT molecular complexity index is 1630. The molecule has 0 saturated carbocycles. The normalized spacial score (nSPS) is 11.1. The maximum atomic E-state index is 9.61. The van der Waals surface area contributed by atoms with Gasteiger partial charge in [-0.3, -0.25) is 0 Å². The van der Waals surface area contributed by atoms with Gasteiger partial charge in [0.25, 0.3) is 0 Å². The molecule has 1 aromatic heterocycles. The average molecular weight is 471 g/mol. The number of hydrogen-bond donors (Lipinski definition) is 2. The van der Waals surface area contributed by atoms with Crippen molar-refractivity contribution in [3.63, 3.8) is 0 Å². The van der Waals surface area contributed by atoms with Crippen molar-refractivity contribution in [3.8, 4) is 11.1 Å². The monoisotopic (exact) mass is 471 g/mol. The van der Waals surface area contributed by atoms with Crippen LogP contribution < -0.4 is 10.4 Å². The van der Waals surface area contributed by atoms with Gasteiger partial charge in [0.15, 0.2) is 0 Å². The number of anilines is 3. The van der Waals surface area contributed by atoms with Crippen LogP contribution in [-0.4, -0.2) is 17.2 Å². The van der Waals surface area contributed by atoms with Crippen molar-refractivity contribution in [3.05, 3.63) is 121 Å². The van der Waals surface area contributed by atoms with Crippen LogP contribution in [0.3, 0.4) is 0 Å². The Morgan fingerprint density at radius 3 is 2.03 bits per heavy atom. The van der Waals surface area contributed by atoms with E-state index in [1.165, 1.54) is 20.2 Å². The highest BCUT2D eigenvalue weighted by molar-refractivity contribution is 7.25. The van der Waals surface area contributed by atoms with Crippen molar-refractivity contribution < 1.29 is 10.0 Å². The van der Waals surface area contributed by atoms with Gasteiger partial charge in [-0.1, -0.05) is 84.9 Å². The zero-order chi connectivity index (χ0) is 23.8. The molecule has 35 heavy (non-hydrogen) atoms. The molecule has 3 nitrogen and oxygen atoms in total. The average Bonchev–Trinajstić information content (AvgIpc) is 3.28. The highest BCUT2D eigenvalue weighted by atomic mass is 32.1. The Morgan fingerprint density at radius 1 is 0.571 bits per heavy atom. The molecule has 0 fully saturated rings. The smallest absolute Gasteiger partial charge is 0.423 e. The molecule has 168 valence electrons. The Balaban J connectivity index is 1.57. The van der Waals surface area contributed by atoms with Gasteiger partial charge in [0.05, 0.1) is 5.69 Å². The third-order valence-electron chi connectivity index (χ3n) is 6.30. The lowest BCUT2D eigenvalue weighted by Crippen LogP contribution is -2.29. The number of hydrogen-bond acceptors (Lipinski definition) is 4. The molecule has 0 unspecified atom stereocenters. The summed E-state index contributed by atoms with van der Waals surface area (Å²) in [6.45, 7) is 0. The number of fused-ring (bicyclic) bond motifs is 3. The van der Waals surface area contributed by atoms with Crippen LogP contribution in [0.2, 0.25) is 0 Å². The van der Waals surface area contributed by atoms with Gasteiger partial charge in [0, 0.05) is 37.1 Å². The Morgan fingerprint density at radius 2 is 1.23 bits per heavy atom. The van der Waals surface area contributed by atoms with E-state index in [2.05, 4.69) is 95.9 Å². The van der Waals surface area contributed by atoms with E-state index in [1.54, 1.807) is 23.5 Å². The molecular weight excluding hydrogens is 449 g/mol. The SMILES string of the molecule is OB(O)c1ccc(N(c2ccc3c(c2)sc2ccccc23)c2ccccc2-c2ccccc2)cc1. The third kappa shape index (κ3) is 4.00. The van der Waals surface area contributed by atoms with Crippen molar-refractivity contribution in [2.24, 2.45) is 0 Å². The van der Waals surface area contributed by atoms with Crippen molar-refractivity contribution in [1.29, 1.82) is 0 Å². The van der Waals surface area contributed by atoms with Crippen molar-refractivity contribution >= 4 is 61.2 Å². The molecule has 0 aliphatic carbocycles. The van der Waals surface area contributed by atoms with E-state index in [9.17, 15) is 10.0 Å². The predicted octanol–water partition coefficient (Wildman–Crippen LogP) is 6.87. The first-order chi connectivity index (χ1) is 17.2. The van der Waals surface area contributed by atoms with Gasteiger partial charge < -0.3 is 14.9 Å². The lowest BCUT2D eigenvalue weighted by molar-refractivity contribution is 0.426. The zero-order valence-corrected chi connectivity index (χ0v) is 19.7. The number of rotatable bonds is 5. The van der Waals surface area contributed by atoms with E-state index in [0.29, 0.717) is 5.46 Å². The Labute approximate surface area is 208 Å². The molecule has 0 aliphatic rings. The zero-order valence-electron chi connectivity index (χ0n) is 18.9. The molecule has 2 N–H and O–H groups in total. The van der Waals surface area contributed by atoms with Gasteiger partial charge >= 0.3 is 7.12 Å². The number of benzene rings is 5. The summed E-state index contributed by atoms with van der Waals surface area (Å²) in [5.41, 5.74) is 5.76. The predicted molar refractivity (Wildman–Crippen MR) is 149 cm³/mol. The Kier molecular flexibility index (Phi) is 5.59. The quantitative estimate of drug-likeness (QED) is 0.270. The number of thiophene rings is 1. The molecule has 6 rings (SSSR count). The minimum absolute atomic E-state index is 0.463. The van der Waals surface area contributed by atoms with Crippen LogP contribution in [0.5, 0.6) is 0 Å². The summed E-state index contributed by atoms with van der Waals surface area (Å²) in [6, 6.07) is 41.3. The second-order valence-electron chi connectivity index (χ2n) is 8.46. The minimum Gasteiger partial charge on any atom is -0.423 e. The van der Waals surface area contributed by atoms with Crippen molar-refractivity contribution in [2.45, 2.75) is 0 Å². The molecule has 0 saturated heterocycles. The molecule has 0 atom stereocenters. The second-order valence-corrected chi connectivity index (χ2v) is 9.55. The van der Waals surface area contributed by atoms with E-state index in [1.807, 2.05) is 18.2 Å². The third-order valence-corrected chi connectivity index (χ3v) is 7.43. The fraction of sp³-hybridized carbons (Fsp3) is 0. The summed E-state index contributed by atoms with van der Waals surface area (Å²) >= 11 is 1.80. The van der Waals surface area contributed by atoms with Gasteiger partial charge in [0.1, 0.15) is 0 Å². The van der Waals surface area contributed by atoms with Gasteiger partial charge in [0.2, 0.25) is 0 Å². The first-order valence-corrected chi connectivity index (χ1v) is 12.3. The van der Waals surface area contributed by atoms with Crippen molar-refractivity contribution in [1.82, 2.24) is 0 Å². The van der Waals surface area contributed by atoms with E-state index in [4.69, 9.17) is 0 Å². The van der Waals surface area contributed by atoms with Crippen molar-refractivity contribution in [2.75, 3.05) is 4.90 Å². The maximum absolute atomic E-state index is 9.61. The van der Waals surface area contributed by atoms with E-state index in [0.717, 1.165) is 28.2 Å². The summed E-state index contributed by atoms with van der Waals surface area (Å²) in [6.07, 6.45) is 0. The van der Waals surface area contributed by atoms with E-state index < -0.39 is 7.12 Å². The van der Waals surface area contributed by atoms with Crippen LogP contribution >= 0.6 is 11.3 Å². The summed E-state index contributed by atoms with van der Waals surface area (Å²) in [7, 11) is -1.50. The molecule has 0 radical (unpaired) electrons. The van der Waals surface area contributed by atoms with Crippen LogP contribution in [0.15, 0.2) is 121 Å². The molecule has 1 heterocycles.